The van der Waals surface area contributed by atoms with Crippen molar-refractivity contribution in [2.75, 3.05) is 19.7 Å². The van der Waals surface area contributed by atoms with Gasteiger partial charge in [-0.05, 0) is 0 Å². The molecule has 0 atom stereocenters. The van der Waals surface area contributed by atoms with Crippen molar-refractivity contribution < 1.29 is 14.0 Å². The first-order valence-corrected chi connectivity index (χ1v) is 5.30. The number of hydrogen-bond donors (Lipinski definition) is 1. The predicted molar refractivity (Wildman–Crippen MR) is 51.3 cm³/mol. The molecule has 0 radical (unpaired) electrons. The summed E-state index contributed by atoms with van der Waals surface area (Å²) in [6.07, 6.45) is 1.16. The van der Waals surface area contributed by atoms with Crippen LogP contribution < -0.4 is 5.32 Å². The summed E-state index contributed by atoms with van der Waals surface area (Å²) in [5, 5.41) is 7.19. The van der Waals surface area contributed by atoms with Gasteiger partial charge in [-0.15, -0.1) is 0 Å². The van der Waals surface area contributed by atoms with E-state index in [1.165, 1.54) is 0 Å². The largest absolute Gasteiger partial charge is 0.376 e. The third-order valence-electron chi connectivity index (χ3n) is 2.87. The highest BCUT2D eigenvalue weighted by atomic mass is 16.5. The molecule has 0 amide bonds. The first-order valence-electron chi connectivity index (χ1n) is 5.30. The Kier molecular flexibility index (Phi) is 2.44. The van der Waals surface area contributed by atoms with E-state index in [1.54, 1.807) is 0 Å². The SMILES string of the molecule is C1Cc2onc(COC3CNC3)c2CO1. The molecule has 15 heavy (non-hydrogen) atoms. The standard InChI is InChI=1S/C10H14N2O3/c1-2-13-5-8-9(12-15-10(1)8)6-14-7-3-11-4-7/h7,11H,1-6H2. The minimum Gasteiger partial charge on any atom is -0.376 e. The molecule has 5 heteroatoms. The molecule has 0 saturated carbocycles. The van der Waals surface area contributed by atoms with Crippen molar-refractivity contribution in [3.05, 3.63) is 17.0 Å². The van der Waals surface area contributed by atoms with Crippen LogP contribution in [0.25, 0.3) is 0 Å². The molecule has 2 aliphatic heterocycles. The minimum atomic E-state index is 0.335. The van der Waals surface area contributed by atoms with E-state index in [1.807, 2.05) is 0 Å². The van der Waals surface area contributed by atoms with E-state index < -0.39 is 0 Å². The zero-order valence-electron chi connectivity index (χ0n) is 8.49. The van der Waals surface area contributed by atoms with E-state index in [2.05, 4.69) is 10.5 Å². The van der Waals surface area contributed by atoms with Crippen molar-refractivity contribution in [3.63, 3.8) is 0 Å². The van der Waals surface area contributed by atoms with Crippen LogP contribution in [0.1, 0.15) is 17.0 Å². The van der Waals surface area contributed by atoms with Gasteiger partial charge in [0.15, 0.2) is 0 Å². The quantitative estimate of drug-likeness (QED) is 0.774. The highest BCUT2D eigenvalue weighted by Crippen LogP contribution is 2.21. The number of rotatable bonds is 3. The van der Waals surface area contributed by atoms with E-state index in [9.17, 15) is 0 Å². The summed E-state index contributed by atoms with van der Waals surface area (Å²) in [6, 6.07) is 0. The molecular weight excluding hydrogens is 196 g/mol. The van der Waals surface area contributed by atoms with Gasteiger partial charge in [-0.1, -0.05) is 5.16 Å². The summed E-state index contributed by atoms with van der Waals surface area (Å²) < 4.78 is 16.3. The number of ether oxygens (including phenoxy) is 2. The number of nitrogens with one attached hydrogen (secondary N) is 1. The molecular formula is C10H14N2O3. The van der Waals surface area contributed by atoms with Crippen LogP contribution in [-0.4, -0.2) is 31.0 Å². The van der Waals surface area contributed by atoms with Gasteiger partial charge in [-0.25, -0.2) is 0 Å². The fourth-order valence-corrected chi connectivity index (χ4v) is 1.77. The molecule has 3 rings (SSSR count). The zero-order valence-corrected chi connectivity index (χ0v) is 8.49. The van der Waals surface area contributed by atoms with Crippen molar-refractivity contribution in [1.82, 2.24) is 10.5 Å². The summed E-state index contributed by atoms with van der Waals surface area (Å²) in [5.41, 5.74) is 1.99. The van der Waals surface area contributed by atoms with Gasteiger partial charge < -0.3 is 19.3 Å². The van der Waals surface area contributed by atoms with Crippen LogP contribution in [-0.2, 0) is 29.1 Å². The number of aromatic nitrogens is 1. The van der Waals surface area contributed by atoms with Crippen molar-refractivity contribution in [1.29, 1.82) is 0 Å². The number of fused-ring (bicyclic) bond motifs is 1. The molecule has 3 heterocycles. The minimum absolute atomic E-state index is 0.335. The number of nitrogens with zero attached hydrogens (tertiary/aromatic N) is 1. The van der Waals surface area contributed by atoms with Gasteiger partial charge in [0, 0.05) is 25.1 Å². The third-order valence-corrected chi connectivity index (χ3v) is 2.87. The lowest BCUT2D eigenvalue weighted by molar-refractivity contribution is 0.00414. The van der Waals surface area contributed by atoms with Gasteiger partial charge in [0.2, 0.25) is 0 Å². The van der Waals surface area contributed by atoms with Crippen LogP contribution in [0, 0.1) is 0 Å². The van der Waals surface area contributed by atoms with Crippen LogP contribution >= 0.6 is 0 Å². The van der Waals surface area contributed by atoms with Gasteiger partial charge in [0.25, 0.3) is 0 Å². The molecule has 1 saturated heterocycles. The maximum absolute atomic E-state index is 5.65. The third kappa shape index (κ3) is 1.78. The topological polar surface area (TPSA) is 56.5 Å². The molecule has 1 aromatic rings. The smallest absolute Gasteiger partial charge is 0.144 e. The van der Waals surface area contributed by atoms with Crippen LogP contribution in [0.4, 0.5) is 0 Å². The summed E-state index contributed by atoms with van der Waals surface area (Å²) >= 11 is 0. The second kappa shape index (κ2) is 3.92. The molecule has 1 fully saturated rings. The highest BCUT2D eigenvalue weighted by molar-refractivity contribution is 5.23. The predicted octanol–water partition coefficient (Wildman–Crippen LogP) is 0.236. The Morgan fingerprint density at radius 2 is 2.40 bits per heavy atom. The van der Waals surface area contributed by atoms with Gasteiger partial charge >= 0.3 is 0 Å². The highest BCUT2D eigenvalue weighted by Gasteiger charge is 2.22. The summed E-state index contributed by atoms with van der Waals surface area (Å²) in [4.78, 5) is 0. The van der Waals surface area contributed by atoms with Gasteiger partial charge in [0.05, 0.1) is 25.9 Å². The summed E-state index contributed by atoms with van der Waals surface area (Å²) in [5.74, 6) is 0.964. The Labute approximate surface area is 87.7 Å². The van der Waals surface area contributed by atoms with Gasteiger partial charge in [0.1, 0.15) is 11.5 Å². The molecule has 0 aliphatic carbocycles. The van der Waals surface area contributed by atoms with Crippen molar-refractivity contribution in [2.45, 2.75) is 25.7 Å². The lowest BCUT2D eigenvalue weighted by atomic mass is 10.1. The average molecular weight is 210 g/mol. The van der Waals surface area contributed by atoms with Crippen molar-refractivity contribution >= 4 is 0 Å². The van der Waals surface area contributed by atoms with Crippen LogP contribution in [0.5, 0.6) is 0 Å². The van der Waals surface area contributed by atoms with E-state index >= 15 is 0 Å². The number of hydrogen-bond acceptors (Lipinski definition) is 5. The lowest BCUT2D eigenvalue weighted by Crippen LogP contribution is -2.48. The monoisotopic (exact) mass is 210 g/mol. The Morgan fingerprint density at radius 3 is 3.20 bits per heavy atom. The van der Waals surface area contributed by atoms with E-state index in [0.29, 0.717) is 19.3 Å². The second-order valence-electron chi connectivity index (χ2n) is 3.92. The van der Waals surface area contributed by atoms with Crippen LogP contribution in [0.15, 0.2) is 4.52 Å². The lowest BCUT2D eigenvalue weighted by Gasteiger charge is -2.26. The Morgan fingerprint density at radius 1 is 1.47 bits per heavy atom. The van der Waals surface area contributed by atoms with Crippen molar-refractivity contribution in [2.24, 2.45) is 0 Å². The molecule has 0 aromatic carbocycles. The molecule has 1 N–H and O–H groups in total. The Bertz CT molecular complexity index is 346. The fourth-order valence-electron chi connectivity index (χ4n) is 1.77. The molecule has 0 spiro atoms. The Balaban J connectivity index is 1.66. The average Bonchev–Trinajstić information content (AvgIpc) is 2.60. The fraction of sp³-hybridized carbons (Fsp3) is 0.700. The normalized spacial score (nSPS) is 21.1. The summed E-state index contributed by atoms with van der Waals surface area (Å²) in [6.45, 7) is 3.76. The van der Waals surface area contributed by atoms with Gasteiger partial charge in [-0.2, -0.15) is 0 Å². The van der Waals surface area contributed by atoms with E-state index in [4.69, 9.17) is 14.0 Å². The maximum Gasteiger partial charge on any atom is 0.144 e. The molecule has 82 valence electrons. The Hall–Kier alpha value is -0.910. The van der Waals surface area contributed by atoms with Crippen molar-refractivity contribution in [3.8, 4) is 0 Å². The molecule has 1 aromatic heterocycles. The molecule has 5 nitrogen and oxygen atoms in total. The summed E-state index contributed by atoms with van der Waals surface area (Å²) in [7, 11) is 0. The zero-order chi connectivity index (χ0) is 10.1. The molecule has 0 bridgehead atoms. The van der Waals surface area contributed by atoms with Gasteiger partial charge in [-0.3, -0.25) is 0 Å². The van der Waals surface area contributed by atoms with E-state index in [0.717, 1.165) is 43.1 Å². The van der Waals surface area contributed by atoms with Crippen LogP contribution in [0.3, 0.4) is 0 Å². The molecule has 2 aliphatic rings. The van der Waals surface area contributed by atoms with E-state index in [-0.39, 0.29) is 0 Å². The second-order valence-corrected chi connectivity index (χ2v) is 3.92. The molecule has 0 unspecified atom stereocenters. The maximum atomic E-state index is 5.65. The first-order chi connectivity index (χ1) is 7.43. The first kappa shape index (κ1) is 9.33. The van der Waals surface area contributed by atoms with Crippen LogP contribution in [0.2, 0.25) is 0 Å².